The number of nitrogens with zero attached hydrogens (tertiary/aromatic N) is 1. The highest BCUT2D eigenvalue weighted by atomic mass is 16.6. The molecular weight excluding hydrogens is 432 g/mol. The van der Waals surface area contributed by atoms with Crippen LogP contribution in [0.15, 0.2) is 90.0 Å². The van der Waals surface area contributed by atoms with Gasteiger partial charge in [-0.25, -0.2) is 10.2 Å². The fourth-order valence-electron chi connectivity index (χ4n) is 3.38. The number of carbonyl (C=O) groups is 2. The van der Waals surface area contributed by atoms with E-state index in [4.69, 9.17) is 14.2 Å². The summed E-state index contributed by atoms with van der Waals surface area (Å²) in [5.41, 5.74) is 4.12. The minimum absolute atomic E-state index is 0.264. The molecule has 1 N–H and O–H groups in total. The Hall–Kier alpha value is -4.65. The van der Waals surface area contributed by atoms with Crippen molar-refractivity contribution in [1.29, 1.82) is 0 Å². The van der Waals surface area contributed by atoms with Gasteiger partial charge in [-0.15, -0.1) is 0 Å². The van der Waals surface area contributed by atoms with Crippen LogP contribution in [0.1, 0.15) is 26.3 Å². The third-order valence-corrected chi connectivity index (χ3v) is 5.13. The molecule has 0 aliphatic rings. The highest BCUT2D eigenvalue weighted by Gasteiger charge is 2.13. The minimum Gasteiger partial charge on any atom is -0.497 e. The Morgan fingerprint density at radius 1 is 0.824 bits per heavy atom. The third kappa shape index (κ3) is 5.05. The average molecular weight is 454 g/mol. The molecule has 0 unspecified atom stereocenters. The summed E-state index contributed by atoms with van der Waals surface area (Å²) in [5, 5.41) is 5.88. The van der Waals surface area contributed by atoms with Crippen molar-refractivity contribution in [2.75, 3.05) is 14.2 Å². The Bertz CT molecular complexity index is 1360. The van der Waals surface area contributed by atoms with E-state index in [1.54, 1.807) is 55.6 Å². The number of benzene rings is 4. The summed E-state index contributed by atoms with van der Waals surface area (Å²) in [6, 6.07) is 24.7. The molecule has 0 aliphatic heterocycles. The smallest absolute Gasteiger partial charge is 0.343 e. The van der Waals surface area contributed by atoms with Crippen molar-refractivity contribution < 1.29 is 23.8 Å². The number of hydrogen-bond acceptors (Lipinski definition) is 6. The van der Waals surface area contributed by atoms with Gasteiger partial charge < -0.3 is 14.2 Å². The Kier molecular flexibility index (Phi) is 6.84. The Morgan fingerprint density at radius 3 is 2.35 bits per heavy atom. The van der Waals surface area contributed by atoms with Gasteiger partial charge in [-0.05, 0) is 64.9 Å². The van der Waals surface area contributed by atoms with Gasteiger partial charge >= 0.3 is 5.97 Å². The van der Waals surface area contributed by atoms with Crippen LogP contribution in [0.25, 0.3) is 10.8 Å². The van der Waals surface area contributed by atoms with E-state index in [2.05, 4.69) is 10.5 Å². The molecule has 4 aromatic carbocycles. The first-order chi connectivity index (χ1) is 16.6. The topological polar surface area (TPSA) is 86.2 Å². The van der Waals surface area contributed by atoms with Crippen molar-refractivity contribution in [1.82, 2.24) is 5.43 Å². The van der Waals surface area contributed by atoms with Crippen molar-refractivity contribution in [2.24, 2.45) is 5.10 Å². The van der Waals surface area contributed by atoms with Gasteiger partial charge in [-0.1, -0.05) is 36.4 Å². The second-order valence-electron chi connectivity index (χ2n) is 7.25. The number of ether oxygens (including phenoxy) is 3. The molecule has 7 nitrogen and oxygen atoms in total. The van der Waals surface area contributed by atoms with Crippen LogP contribution in [0.3, 0.4) is 0 Å². The second-order valence-corrected chi connectivity index (χ2v) is 7.25. The summed E-state index contributed by atoms with van der Waals surface area (Å²) < 4.78 is 15.9. The van der Waals surface area contributed by atoms with Gasteiger partial charge in [0.1, 0.15) is 5.75 Å². The molecule has 0 aliphatic carbocycles. The van der Waals surface area contributed by atoms with Crippen LogP contribution in [0.5, 0.6) is 17.2 Å². The average Bonchev–Trinajstić information content (AvgIpc) is 2.89. The Labute approximate surface area is 196 Å². The van der Waals surface area contributed by atoms with E-state index in [9.17, 15) is 9.59 Å². The summed E-state index contributed by atoms with van der Waals surface area (Å²) in [7, 11) is 3.03. The van der Waals surface area contributed by atoms with Gasteiger partial charge in [-0.3, -0.25) is 4.79 Å². The molecule has 0 bridgehead atoms. The lowest BCUT2D eigenvalue weighted by atomic mass is 10.0. The van der Waals surface area contributed by atoms with Gasteiger partial charge in [0.25, 0.3) is 5.91 Å². The number of esters is 1. The first-order valence-corrected chi connectivity index (χ1v) is 10.4. The Morgan fingerprint density at radius 2 is 1.59 bits per heavy atom. The third-order valence-electron chi connectivity index (χ3n) is 5.13. The maximum atomic E-state index is 12.6. The molecule has 0 saturated heterocycles. The van der Waals surface area contributed by atoms with E-state index in [0.29, 0.717) is 28.2 Å². The van der Waals surface area contributed by atoms with Crippen molar-refractivity contribution in [3.05, 3.63) is 102 Å². The normalized spacial score (nSPS) is 10.8. The number of nitrogens with one attached hydrogen (secondary N) is 1. The van der Waals surface area contributed by atoms with E-state index in [0.717, 1.165) is 10.8 Å². The molecule has 0 spiro atoms. The summed E-state index contributed by atoms with van der Waals surface area (Å²) in [5.74, 6) is 0.423. The number of hydrazone groups is 1. The molecule has 4 rings (SSSR count). The molecular formula is C27H22N2O5. The van der Waals surface area contributed by atoms with Crippen LogP contribution in [-0.2, 0) is 0 Å². The largest absolute Gasteiger partial charge is 0.497 e. The predicted molar refractivity (Wildman–Crippen MR) is 130 cm³/mol. The van der Waals surface area contributed by atoms with E-state index < -0.39 is 5.97 Å². The van der Waals surface area contributed by atoms with Crippen LogP contribution in [0, 0.1) is 0 Å². The molecule has 7 heteroatoms. The van der Waals surface area contributed by atoms with Gasteiger partial charge in [0.15, 0.2) is 11.5 Å². The number of amides is 1. The fourth-order valence-corrected chi connectivity index (χ4v) is 3.38. The highest BCUT2D eigenvalue weighted by molar-refractivity contribution is 6.07. The van der Waals surface area contributed by atoms with Crippen molar-refractivity contribution in [2.45, 2.75) is 0 Å². The van der Waals surface area contributed by atoms with Crippen molar-refractivity contribution in [3.63, 3.8) is 0 Å². The van der Waals surface area contributed by atoms with E-state index in [-0.39, 0.29) is 11.7 Å². The lowest BCUT2D eigenvalue weighted by Crippen LogP contribution is -2.17. The second kappa shape index (κ2) is 10.3. The van der Waals surface area contributed by atoms with Crippen LogP contribution < -0.4 is 19.6 Å². The SMILES string of the molecule is COc1ccc(C(=O)Oc2ccc(/C=N\NC(=O)c3cccc4ccccc34)cc2OC)cc1. The molecule has 170 valence electrons. The van der Waals surface area contributed by atoms with E-state index in [1.165, 1.54) is 13.3 Å². The zero-order valence-corrected chi connectivity index (χ0v) is 18.6. The maximum Gasteiger partial charge on any atom is 0.343 e. The van der Waals surface area contributed by atoms with E-state index in [1.807, 2.05) is 36.4 Å². The van der Waals surface area contributed by atoms with Gasteiger partial charge in [0.05, 0.1) is 26.0 Å². The first-order valence-electron chi connectivity index (χ1n) is 10.4. The number of carbonyl (C=O) groups excluding carboxylic acids is 2. The zero-order chi connectivity index (χ0) is 23.9. The summed E-state index contributed by atoms with van der Waals surface area (Å²) in [6.07, 6.45) is 1.49. The van der Waals surface area contributed by atoms with Gasteiger partial charge in [-0.2, -0.15) is 5.10 Å². The highest BCUT2D eigenvalue weighted by Crippen LogP contribution is 2.28. The molecule has 34 heavy (non-hydrogen) atoms. The van der Waals surface area contributed by atoms with Crippen molar-refractivity contribution in [3.8, 4) is 17.2 Å². The molecule has 0 saturated carbocycles. The fraction of sp³-hybridized carbons (Fsp3) is 0.0741. The number of rotatable bonds is 7. The predicted octanol–water partition coefficient (Wildman–Crippen LogP) is 4.84. The summed E-state index contributed by atoms with van der Waals surface area (Å²) in [6.45, 7) is 0. The molecule has 0 fully saturated rings. The Balaban J connectivity index is 1.44. The lowest BCUT2D eigenvalue weighted by Gasteiger charge is -2.10. The summed E-state index contributed by atoms with van der Waals surface area (Å²) in [4.78, 5) is 25.1. The number of fused-ring (bicyclic) bond motifs is 1. The van der Waals surface area contributed by atoms with Gasteiger partial charge in [0, 0.05) is 5.56 Å². The van der Waals surface area contributed by atoms with Crippen LogP contribution in [-0.4, -0.2) is 32.3 Å². The maximum absolute atomic E-state index is 12.6. The van der Waals surface area contributed by atoms with Gasteiger partial charge in [0.2, 0.25) is 0 Å². The van der Waals surface area contributed by atoms with Crippen LogP contribution in [0.2, 0.25) is 0 Å². The quantitative estimate of drug-likeness (QED) is 0.187. The molecule has 0 atom stereocenters. The molecule has 4 aromatic rings. The lowest BCUT2D eigenvalue weighted by molar-refractivity contribution is 0.0729. The number of hydrogen-bond donors (Lipinski definition) is 1. The first kappa shape index (κ1) is 22.5. The standard InChI is InChI=1S/C27H22N2O5/c1-32-21-13-11-20(12-14-21)27(31)34-24-15-10-18(16-25(24)33-2)17-28-29-26(30)23-9-5-7-19-6-3-4-8-22(19)23/h3-17H,1-2H3,(H,29,30)/b28-17-. The monoisotopic (exact) mass is 454 g/mol. The molecule has 0 aromatic heterocycles. The molecule has 0 heterocycles. The number of methoxy groups -OCH3 is 2. The van der Waals surface area contributed by atoms with Crippen LogP contribution >= 0.6 is 0 Å². The summed E-state index contributed by atoms with van der Waals surface area (Å²) >= 11 is 0. The van der Waals surface area contributed by atoms with Crippen molar-refractivity contribution >= 4 is 28.9 Å². The molecule has 1 amide bonds. The molecule has 0 radical (unpaired) electrons. The zero-order valence-electron chi connectivity index (χ0n) is 18.6. The minimum atomic E-state index is -0.523. The van der Waals surface area contributed by atoms with E-state index >= 15 is 0 Å². The van der Waals surface area contributed by atoms with Crippen LogP contribution in [0.4, 0.5) is 0 Å².